The number of hydrogen-bond acceptors (Lipinski definition) is 8. The molecule has 2 spiro atoms. The number of Topliss-reactive ketones (excluding diaryl/α,β-unsaturated/α-hetero) is 1. The van der Waals surface area contributed by atoms with Crippen LogP contribution in [0.1, 0.15) is 107 Å². The van der Waals surface area contributed by atoms with Gasteiger partial charge < -0.3 is 24.1 Å². The first-order valence-corrected chi connectivity index (χ1v) is 18.0. The van der Waals surface area contributed by atoms with Crippen molar-refractivity contribution in [2.75, 3.05) is 26.7 Å². The van der Waals surface area contributed by atoms with E-state index in [2.05, 4.69) is 46.6 Å². The van der Waals surface area contributed by atoms with E-state index in [9.17, 15) is 14.7 Å². The van der Waals surface area contributed by atoms with Gasteiger partial charge in [0.15, 0.2) is 18.2 Å². The van der Waals surface area contributed by atoms with Crippen LogP contribution in [0.4, 0.5) is 0 Å². The van der Waals surface area contributed by atoms with Crippen LogP contribution in [-0.4, -0.2) is 84.8 Å². The average Bonchev–Trinajstić information content (AvgIpc) is 3.57. The molecule has 0 aromatic heterocycles. The lowest BCUT2D eigenvalue weighted by Gasteiger charge is -2.62. The highest BCUT2D eigenvalue weighted by Gasteiger charge is 2.85. The van der Waals surface area contributed by atoms with Gasteiger partial charge in [-0.3, -0.25) is 14.5 Å². The molecule has 1 N–H and O–H groups in total. The van der Waals surface area contributed by atoms with Crippen molar-refractivity contribution < 1.29 is 33.6 Å². The van der Waals surface area contributed by atoms with E-state index in [4.69, 9.17) is 18.9 Å². The molecule has 7 fully saturated rings. The summed E-state index contributed by atoms with van der Waals surface area (Å²) in [6.45, 7) is 19.1. The molecule has 8 heteroatoms. The van der Waals surface area contributed by atoms with Gasteiger partial charge in [0.2, 0.25) is 0 Å². The molecule has 8 nitrogen and oxygen atoms in total. The van der Waals surface area contributed by atoms with E-state index >= 15 is 0 Å². The molecule has 0 aromatic rings. The van der Waals surface area contributed by atoms with E-state index in [1.807, 2.05) is 0 Å². The predicted octanol–water partition coefficient (Wildman–Crippen LogP) is 5.38. The fraction of sp³-hybridized carbons (Fsp3) is 0.946. The largest absolute Gasteiger partial charge is 0.457 e. The molecule has 2 saturated heterocycles. The van der Waals surface area contributed by atoms with Crippen LogP contribution in [0.2, 0.25) is 0 Å². The molecule has 5 aliphatic carbocycles. The number of esters is 1. The van der Waals surface area contributed by atoms with Crippen LogP contribution < -0.4 is 0 Å². The van der Waals surface area contributed by atoms with Crippen LogP contribution in [0.5, 0.6) is 0 Å². The number of aliphatic hydroxyl groups is 1. The van der Waals surface area contributed by atoms with Crippen LogP contribution >= 0.6 is 0 Å². The fourth-order valence-corrected chi connectivity index (χ4v) is 13.3. The second kappa shape index (κ2) is 10.2. The van der Waals surface area contributed by atoms with Crippen molar-refractivity contribution in [3.8, 4) is 0 Å². The normalized spacial score (nSPS) is 51.2. The minimum Gasteiger partial charge on any atom is -0.457 e. The number of morpholine rings is 1. The SMILES string of the molecule is CC(=O)O[C@@H]([C@H]1C[C@@H](C)[C@H]2[C@H](O1)C(=O)[C@@]1(C)[C@@H]3CC[C@H]4C(C)(C)[C@@H](O[C@H]5CN(C)CCO5)CCC45C[C@@]35CC[C@]21C)C(C)(C)O. The summed E-state index contributed by atoms with van der Waals surface area (Å²) in [5, 5.41) is 11.0. The van der Waals surface area contributed by atoms with Gasteiger partial charge in [0.05, 0.1) is 24.4 Å². The summed E-state index contributed by atoms with van der Waals surface area (Å²) in [4.78, 5) is 29.3. The molecule has 0 amide bonds. The van der Waals surface area contributed by atoms with Crippen molar-refractivity contribution in [1.82, 2.24) is 4.90 Å². The maximum Gasteiger partial charge on any atom is 0.303 e. The first kappa shape index (κ1) is 32.5. The van der Waals surface area contributed by atoms with E-state index in [-0.39, 0.29) is 51.7 Å². The molecule has 254 valence electrons. The quantitative estimate of drug-likeness (QED) is 0.405. The van der Waals surface area contributed by atoms with Crippen LogP contribution in [0, 0.1) is 50.7 Å². The summed E-state index contributed by atoms with van der Waals surface area (Å²) in [7, 11) is 2.14. The highest BCUT2D eigenvalue weighted by atomic mass is 16.7. The molecule has 0 aromatic carbocycles. The Balaban J connectivity index is 1.15. The number of carbonyl (C=O) groups is 2. The zero-order chi connectivity index (χ0) is 32.5. The van der Waals surface area contributed by atoms with E-state index in [1.54, 1.807) is 13.8 Å². The second-order valence-electron chi connectivity index (χ2n) is 18.2. The van der Waals surface area contributed by atoms with Gasteiger partial charge in [-0.25, -0.2) is 0 Å². The average molecular weight is 630 g/mol. The first-order valence-electron chi connectivity index (χ1n) is 18.0. The Morgan fingerprint density at radius 2 is 1.76 bits per heavy atom. The van der Waals surface area contributed by atoms with Gasteiger partial charge >= 0.3 is 5.97 Å². The van der Waals surface area contributed by atoms with E-state index in [0.29, 0.717) is 18.3 Å². The zero-order valence-electron chi connectivity index (χ0n) is 29.3. The summed E-state index contributed by atoms with van der Waals surface area (Å²) in [5.74, 6) is 1.12. The van der Waals surface area contributed by atoms with E-state index in [0.717, 1.165) is 45.4 Å². The fourth-order valence-electron chi connectivity index (χ4n) is 13.3. The maximum atomic E-state index is 15.0. The summed E-state index contributed by atoms with van der Waals surface area (Å²) in [6, 6.07) is 0. The summed E-state index contributed by atoms with van der Waals surface area (Å²) >= 11 is 0. The van der Waals surface area contributed by atoms with E-state index < -0.39 is 35.3 Å². The molecule has 2 heterocycles. The number of ketones is 1. The standard InChI is InChI=1S/C37H59NO7/c1-21-18-23(31(33(5,6)41)43-22(2)39)44-29-28(21)34(7)14-15-37-20-36(37)13-12-26(45-27-19-38(9)16-17-42-27)32(3,4)24(36)10-11-25(37)35(34,8)30(29)40/h21,23-29,31,41H,10-20H2,1-9H3/t21-,23-,24+,25+,26+,27+,28+,29+,31+,34-,35-,36?,37+/m1/s1. The molecule has 0 radical (unpaired) electrons. The Morgan fingerprint density at radius 3 is 2.42 bits per heavy atom. The molecular weight excluding hydrogens is 570 g/mol. The molecule has 7 aliphatic rings. The summed E-state index contributed by atoms with van der Waals surface area (Å²) < 4.78 is 25.2. The summed E-state index contributed by atoms with van der Waals surface area (Å²) in [5.41, 5.74) is -1.32. The van der Waals surface area contributed by atoms with Gasteiger partial charge in [-0.1, -0.05) is 34.6 Å². The van der Waals surface area contributed by atoms with Crippen molar-refractivity contribution in [2.45, 2.75) is 143 Å². The van der Waals surface area contributed by atoms with Crippen molar-refractivity contribution in [1.29, 1.82) is 0 Å². The number of ether oxygens (including phenoxy) is 4. The molecule has 7 rings (SSSR count). The van der Waals surface area contributed by atoms with Crippen LogP contribution in [-0.2, 0) is 28.5 Å². The minimum atomic E-state index is -1.28. The lowest BCUT2D eigenvalue weighted by molar-refractivity contribution is -0.245. The maximum absolute atomic E-state index is 15.0. The van der Waals surface area contributed by atoms with Crippen molar-refractivity contribution in [3.63, 3.8) is 0 Å². The lowest BCUT2D eigenvalue weighted by atomic mass is 9.41. The Morgan fingerprint density at radius 1 is 1.07 bits per heavy atom. The zero-order valence-corrected chi connectivity index (χ0v) is 29.3. The number of nitrogens with zero attached hydrogens (tertiary/aromatic N) is 1. The van der Waals surface area contributed by atoms with Gasteiger partial charge in [0, 0.05) is 31.3 Å². The van der Waals surface area contributed by atoms with Crippen molar-refractivity contribution in [3.05, 3.63) is 0 Å². The van der Waals surface area contributed by atoms with Gasteiger partial charge in [-0.05, 0) is 112 Å². The Bertz CT molecular complexity index is 1230. The molecule has 45 heavy (non-hydrogen) atoms. The van der Waals surface area contributed by atoms with Crippen LogP contribution in [0.25, 0.3) is 0 Å². The first-order chi connectivity index (χ1) is 20.9. The summed E-state index contributed by atoms with van der Waals surface area (Å²) in [6.07, 6.45) is 6.82. The van der Waals surface area contributed by atoms with Crippen molar-refractivity contribution in [2.24, 2.45) is 50.7 Å². The number of hydrogen-bond donors (Lipinski definition) is 1. The lowest BCUT2D eigenvalue weighted by Crippen LogP contribution is -2.59. The third-order valence-corrected chi connectivity index (χ3v) is 15.4. The third kappa shape index (κ3) is 4.33. The Kier molecular flexibility index (Phi) is 7.38. The third-order valence-electron chi connectivity index (χ3n) is 15.4. The Labute approximate surface area is 270 Å². The molecule has 13 atom stereocenters. The second-order valence-corrected chi connectivity index (χ2v) is 18.2. The van der Waals surface area contributed by atoms with Gasteiger partial charge in [-0.2, -0.15) is 0 Å². The number of fused-ring (bicyclic) bond motifs is 4. The van der Waals surface area contributed by atoms with Gasteiger partial charge in [0.25, 0.3) is 0 Å². The number of rotatable bonds is 5. The smallest absolute Gasteiger partial charge is 0.303 e. The highest BCUT2D eigenvalue weighted by molar-refractivity contribution is 5.93. The highest BCUT2D eigenvalue weighted by Crippen LogP contribution is 2.89. The molecule has 2 aliphatic heterocycles. The molecule has 1 unspecified atom stereocenters. The van der Waals surface area contributed by atoms with E-state index in [1.165, 1.54) is 26.2 Å². The van der Waals surface area contributed by atoms with Gasteiger partial charge in [0.1, 0.15) is 6.10 Å². The van der Waals surface area contributed by atoms with Gasteiger partial charge in [-0.15, -0.1) is 0 Å². The molecular formula is C37H59NO7. The molecule has 0 bridgehead atoms. The molecule has 5 saturated carbocycles. The predicted molar refractivity (Wildman–Crippen MR) is 169 cm³/mol. The van der Waals surface area contributed by atoms with Crippen molar-refractivity contribution >= 4 is 11.8 Å². The van der Waals surface area contributed by atoms with Crippen LogP contribution in [0.3, 0.4) is 0 Å². The topological polar surface area (TPSA) is 94.5 Å². The van der Waals surface area contributed by atoms with Crippen LogP contribution in [0.15, 0.2) is 0 Å². The monoisotopic (exact) mass is 629 g/mol. The number of likely N-dealkylation sites (N-methyl/N-ethyl adjacent to an activating group) is 1. The number of carbonyl (C=O) groups excluding carboxylic acids is 2. The Hall–Kier alpha value is -1.06. The minimum absolute atomic E-state index is 0.0507.